The molecule has 0 saturated carbocycles. The summed E-state index contributed by atoms with van der Waals surface area (Å²) < 4.78 is 75.7. The molecular weight excluding hydrogens is 631 g/mol. The fraction of sp³-hybridized carbons (Fsp3) is 0.226. The molecule has 2 heterocycles. The van der Waals surface area contributed by atoms with Crippen LogP contribution in [0, 0.1) is 17.5 Å². The van der Waals surface area contributed by atoms with Crippen LogP contribution in [0.1, 0.15) is 10.4 Å². The van der Waals surface area contributed by atoms with Gasteiger partial charge in [0.25, 0.3) is 5.91 Å². The molecule has 0 aliphatic carbocycles. The molecule has 45 heavy (non-hydrogen) atoms. The van der Waals surface area contributed by atoms with Crippen molar-refractivity contribution in [2.24, 2.45) is 0 Å². The highest BCUT2D eigenvalue weighted by Gasteiger charge is 2.39. The zero-order valence-corrected chi connectivity index (χ0v) is 25.2. The number of hydrogen-bond donors (Lipinski definition) is 2. The average Bonchev–Trinajstić information content (AvgIpc) is 3.69. The molecule has 2 amide bonds. The Balaban J connectivity index is 1.41. The molecule has 0 radical (unpaired) electrons. The van der Waals surface area contributed by atoms with E-state index in [0.29, 0.717) is 16.1 Å². The first-order valence-corrected chi connectivity index (χ1v) is 16.1. The van der Waals surface area contributed by atoms with Gasteiger partial charge in [0.2, 0.25) is 10.0 Å². The van der Waals surface area contributed by atoms with Crippen LogP contribution in [0.4, 0.5) is 23.7 Å². The molecule has 0 spiro atoms. The molecule has 1 aromatic heterocycles. The van der Waals surface area contributed by atoms with E-state index in [1.54, 1.807) is 78.2 Å². The number of ether oxygens (including phenoxy) is 1. The highest BCUT2D eigenvalue weighted by molar-refractivity contribution is 7.89. The van der Waals surface area contributed by atoms with Crippen molar-refractivity contribution in [3.05, 3.63) is 118 Å². The van der Waals surface area contributed by atoms with Gasteiger partial charge in [-0.25, -0.2) is 26.4 Å². The van der Waals surface area contributed by atoms with E-state index in [9.17, 15) is 36.3 Å². The Hall–Kier alpha value is -4.24. The summed E-state index contributed by atoms with van der Waals surface area (Å²) in [5.74, 6) is -5.34. The van der Waals surface area contributed by atoms with E-state index in [1.807, 2.05) is 0 Å². The lowest BCUT2D eigenvalue weighted by Gasteiger charge is -2.30. The summed E-state index contributed by atoms with van der Waals surface area (Å²) in [5, 5.41) is 15.8. The van der Waals surface area contributed by atoms with Crippen molar-refractivity contribution < 1.29 is 41.0 Å². The molecule has 1 fully saturated rings. The molecule has 0 unspecified atom stereocenters. The summed E-state index contributed by atoms with van der Waals surface area (Å²) in [4.78, 5) is 26.6. The predicted octanol–water partition coefficient (Wildman–Crippen LogP) is 4.47. The fourth-order valence-electron chi connectivity index (χ4n) is 4.85. The third-order valence-corrected chi connectivity index (χ3v) is 9.85. The maximum Gasteiger partial charge on any atom is 0.415 e. The number of benzene rings is 3. The highest BCUT2D eigenvalue weighted by atomic mass is 32.2. The van der Waals surface area contributed by atoms with Gasteiger partial charge in [-0.15, -0.1) is 11.3 Å². The van der Waals surface area contributed by atoms with Crippen LogP contribution in [0.2, 0.25) is 0 Å². The zero-order chi connectivity index (χ0) is 32.1. The third kappa shape index (κ3) is 7.53. The molecule has 9 nitrogen and oxygen atoms in total. The first-order valence-electron chi connectivity index (χ1n) is 13.8. The maximum atomic E-state index is 14.7. The van der Waals surface area contributed by atoms with Crippen LogP contribution < -0.4 is 10.2 Å². The van der Waals surface area contributed by atoms with E-state index >= 15 is 0 Å². The minimum absolute atomic E-state index is 0.0449. The topological polar surface area (TPSA) is 116 Å². The second-order valence-corrected chi connectivity index (χ2v) is 13.2. The largest absolute Gasteiger partial charge is 0.434 e. The third-order valence-electron chi connectivity index (χ3n) is 7.16. The lowest BCUT2D eigenvalue weighted by molar-refractivity contribution is -0.129. The number of carbonyl (C=O) groups excluding carboxylic acids is 2. The summed E-state index contributed by atoms with van der Waals surface area (Å²) in [6.07, 6.45) is -3.50. The molecule has 1 aliphatic heterocycles. The number of thiophene rings is 1. The number of cyclic esters (lactones) is 1. The van der Waals surface area contributed by atoms with Crippen molar-refractivity contribution in [2.45, 2.75) is 36.1 Å². The van der Waals surface area contributed by atoms with Crippen molar-refractivity contribution >= 4 is 39.0 Å². The second-order valence-electron chi connectivity index (χ2n) is 10.3. The first-order chi connectivity index (χ1) is 21.5. The van der Waals surface area contributed by atoms with Crippen molar-refractivity contribution in [3.63, 3.8) is 0 Å². The number of hydrogen-bond acceptors (Lipinski definition) is 7. The molecule has 1 aliphatic rings. The van der Waals surface area contributed by atoms with E-state index in [1.165, 1.54) is 16.2 Å². The lowest BCUT2D eigenvalue weighted by atomic mass is 10.0. The van der Waals surface area contributed by atoms with Gasteiger partial charge in [-0.2, -0.15) is 4.31 Å². The van der Waals surface area contributed by atoms with Crippen molar-refractivity contribution in [2.75, 3.05) is 18.0 Å². The lowest BCUT2D eigenvalue weighted by Crippen LogP contribution is -2.53. The van der Waals surface area contributed by atoms with Crippen molar-refractivity contribution in [1.82, 2.24) is 9.62 Å². The SMILES string of the molecule is O=C(N[C@@H](Cc1ccccc1)[C@@H](O)CN(Cc1cccs1)S(=O)(=O)c1cc(F)c(F)cc1F)[C@@H]1CN(c2ccccc2)C(=O)O1. The monoisotopic (exact) mass is 659 g/mol. The van der Waals surface area contributed by atoms with Gasteiger partial charge in [-0.3, -0.25) is 9.69 Å². The normalized spacial score (nSPS) is 16.4. The van der Waals surface area contributed by atoms with E-state index in [2.05, 4.69) is 5.32 Å². The van der Waals surface area contributed by atoms with E-state index in [4.69, 9.17) is 4.74 Å². The van der Waals surface area contributed by atoms with Crippen LogP contribution in [0.3, 0.4) is 0 Å². The van der Waals surface area contributed by atoms with E-state index < -0.39 is 69.2 Å². The number of halogens is 3. The summed E-state index contributed by atoms with van der Waals surface area (Å²) in [6, 6.07) is 19.9. The van der Waals surface area contributed by atoms with Gasteiger partial charge < -0.3 is 15.2 Å². The minimum atomic E-state index is -4.83. The molecule has 3 aromatic carbocycles. The van der Waals surface area contributed by atoms with Crippen molar-refractivity contribution in [1.29, 1.82) is 0 Å². The fourth-order valence-corrected chi connectivity index (χ4v) is 7.14. The second kappa shape index (κ2) is 13.8. The van der Waals surface area contributed by atoms with Crippen LogP contribution >= 0.6 is 11.3 Å². The van der Waals surface area contributed by atoms with Crippen LogP contribution in [-0.4, -0.2) is 61.2 Å². The van der Waals surface area contributed by atoms with Crippen LogP contribution in [0.25, 0.3) is 0 Å². The summed E-state index contributed by atoms with van der Waals surface area (Å²) >= 11 is 1.20. The van der Waals surface area contributed by atoms with E-state index in [0.717, 1.165) is 4.31 Å². The number of sulfonamides is 1. The Kier molecular flexibility index (Phi) is 9.87. The number of rotatable bonds is 12. The smallest absolute Gasteiger partial charge is 0.415 e. The Morgan fingerprint density at radius 3 is 2.33 bits per heavy atom. The summed E-state index contributed by atoms with van der Waals surface area (Å²) in [6.45, 7) is -1.08. The van der Waals surface area contributed by atoms with Crippen LogP contribution in [0.5, 0.6) is 0 Å². The van der Waals surface area contributed by atoms with Gasteiger partial charge in [0.05, 0.1) is 18.7 Å². The highest BCUT2D eigenvalue weighted by Crippen LogP contribution is 2.26. The van der Waals surface area contributed by atoms with Crippen molar-refractivity contribution in [3.8, 4) is 0 Å². The molecule has 14 heteroatoms. The predicted molar refractivity (Wildman–Crippen MR) is 160 cm³/mol. The molecule has 3 atom stereocenters. The molecule has 2 N–H and O–H groups in total. The average molecular weight is 660 g/mol. The Bertz CT molecular complexity index is 1750. The molecule has 1 saturated heterocycles. The number of nitrogens with zero attached hydrogens (tertiary/aromatic N) is 2. The Labute approximate surface area is 261 Å². The summed E-state index contributed by atoms with van der Waals surface area (Å²) in [5.41, 5.74) is 1.22. The Morgan fingerprint density at radius 1 is 1.00 bits per heavy atom. The quantitative estimate of drug-likeness (QED) is 0.217. The van der Waals surface area contributed by atoms with Gasteiger partial charge in [0, 0.05) is 29.7 Å². The van der Waals surface area contributed by atoms with Gasteiger partial charge in [0.1, 0.15) is 10.7 Å². The number of para-hydroxylation sites is 1. The zero-order valence-electron chi connectivity index (χ0n) is 23.6. The number of aliphatic hydroxyl groups is 1. The molecule has 0 bridgehead atoms. The summed E-state index contributed by atoms with van der Waals surface area (Å²) in [7, 11) is -4.83. The number of nitrogens with one attached hydrogen (secondary N) is 1. The molecular formula is C31H28F3N3O6S2. The molecule has 236 valence electrons. The number of carbonyl (C=O) groups is 2. The van der Waals surface area contributed by atoms with Gasteiger partial charge in [-0.1, -0.05) is 54.6 Å². The standard InChI is InChI=1S/C31H28F3N3O6S2/c32-23-15-25(34)29(16-24(23)33)45(41,42)36(17-22-12-7-13-44-22)18-27(38)26(14-20-8-3-1-4-9-20)35-30(39)28-19-37(31(40)43-28)21-10-5-2-6-11-21/h1-13,15-16,26-28,38H,14,17-19H2,(H,35,39)/t26-,27-,28-/m0/s1. The van der Waals surface area contributed by atoms with Gasteiger partial charge in [-0.05, 0) is 41.6 Å². The Morgan fingerprint density at radius 2 is 1.67 bits per heavy atom. The molecule has 4 aromatic rings. The number of amides is 2. The van der Waals surface area contributed by atoms with Crippen LogP contribution in [-0.2, 0) is 32.5 Å². The minimum Gasteiger partial charge on any atom is -0.434 e. The van der Waals surface area contributed by atoms with E-state index in [-0.39, 0.29) is 31.6 Å². The number of aliphatic hydroxyl groups excluding tert-OH is 1. The maximum absolute atomic E-state index is 14.7. The first kappa shape index (κ1) is 32.2. The van der Waals surface area contributed by atoms with Gasteiger partial charge in [0.15, 0.2) is 17.7 Å². The number of anilines is 1. The molecule has 5 rings (SSSR count). The van der Waals surface area contributed by atoms with Gasteiger partial charge >= 0.3 is 6.09 Å². The van der Waals surface area contributed by atoms with Crippen LogP contribution in [0.15, 0.2) is 95.2 Å².